The Balaban J connectivity index is 1.53. The first-order chi connectivity index (χ1) is 10.8. The molecule has 0 amide bonds. The van der Waals surface area contributed by atoms with Gasteiger partial charge in [0.25, 0.3) is 0 Å². The van der Waals surface area contributed by atoms with Gasteiger partial charge >= 0.3 is 0 Å². The van der Waals surface area contributed by atoms with E-state index in [-0.39, 0.29) is 0 Å². The highest BCUT2D eigenvalue weighted by Crippen LogP contribution is 2.20. The zero-order valence-electron chi connectivity index (χ0n) is 12.7. The quantitative estimate of drug-likeness (QED) is 0.885. The molecule has 22 heavy (non-hydrogen) atoms. The van der Waals surface area contributed by atoms with Gasteiger partial charge in [-0.15, -0.1) is 0 Å². The van der Waals surface area contributed by atoms with Crippen LogP contribution in [0.2, 0.25) is 0 Å². The first-order valence-corrected chi connectivity index (χ1v) is 7.72. The molecule has 114 valence electrons. The molecular formula is C16H20N6. The smallest absolute Gasteiger partial charge is 0.138 e. The van der Waals surface area contributed by atoms with E-state index in [0.29, 0.717) is 0 Å². The fourth-order valence-electron chi connectivity index (χ4n) is 2.93. The van der Waals surface area contributed by atoms with Gasteiger partial charge in [0.05, 0.1) is 11.4 Å². The fraction of sp³-hybridized carbons (Fsp3) is 0.375. The molecule has 6 heteroatoms. The minimum Gasteiger partial charge on any atom is -0.368 e. The number of fused-ring (bicyclic) bond motifs is 1. The molecule has 1 N–H and O–H groups in total. The van der Waals surface area contributed by atoms with Gasteiger partial charge in [-0.05, 0) is 25.2 Å². The summed E-state index contributed by atoms with van der Waals surface area (Å²) >= 11 is 0. The van der Waals surface area contributed by atoms with E-state index in [1.165, 1.54) is 5.70 Å². The van der Waals surface area contributed by atoms with E-state index < -0.39 is 0 Å². The molecule has 4 heterocycles. The number of piperazine rings is 1. The number of hydrogen-bond acceptors (Lipinski definition) is 5. The monoisotopic (exact) mass is 296 g/mol. The molecule has 0 radical (unpaired) electrons. The number of amidine groups is 1. The lowest BCUT2D eigenvalue weighted by atomic mass is 10.2. The summed E-state index contributed by atoms with van der Waals surface area (Å²) in [7, 11) is 0. The second-order valence-corrected chi connectivity index (χ2v) is 5.73. The van der Waals surface area contributed by atoms with Crippen molar-refractivity contribution < 1.29 is 0 Å². The molecule has 0 unspecified atom stereocenters. The number of imidazole rings is 1. The molecule has 1 fully saturated rings. The molecular weight excluding hydrogens is 276 g/mol. The van der Waals surface area contributed by atoms with Crippen molar-refractivity contribution in [3.05, 3.63) is 48.3 Å². The van der Waals surface area contributed by atoms with Gasteiger partial charge in [0, 0.05) is 45.1 Å². The predicted molar refractivity (Wildman–Crippen MR) is 87.0 cm³/mol. The van der Waals surface area contributed by atoms with Crippen LogP contribution in [0, 0.1) is 6.92 Å². The number of nitrogens with zero attached hydrogens (tertiary/aromatic N) is 5. The van der Waals surface area contributed by atoms with E-state index in [1.807, 2.05) is 24.0 Å². The van der Waals surface area contributed by atoms with Crippen LogP contribution in [0.1, 0.15) is 5.69 Å². The number of aryl methyl sites for hydroxylation is 1. The lowest BCUT2D eigenvalue weighted by Gasteiger charge is -2.34. The number of aromatic nitrogens is 2. The van der Waals surface area contributed by atoms with Crippen LogP contribution in [0.25, 0.3) is 5.82 Å². The Morgan fingerprint density at radius 1 is 1.18 bits per heavy atom. The van der Waals surface area contributed by atoms with E-state index in [9.17, 15) is 0 Å². The predicted octanol–water partition coefficient (Wildman–Crippen LogP) is 1.02. The van der Waals surface area contributed by atoms with Crippen molar-refractivity contribution >= 4 is 11.7 Å². The molecule has 0 saturated carbocycles. The molecule has 0 aromatic carbocycles. The lowest BCUT2D eigenvalue weighted by Crippen LogP contribution is -2.44. The third-order valence-electron chi connectivity index (χ3n) is 4.14. The van der Waals surface area contributed by atoms with E-state index in [2.05, 4.69) is 44.5 Å². The summed E-state index contributed by atoms with van der Waals surface area (Å²) in [5, 5.41) is 3.39. The summed E-state index contributed by atoms with van der Waals surface area (Å²) < 4.78 is 1.98. The van der Waals surface area contributed by atoms with Crippen LogP contribution in [0.4, 0.5) is 0 Å². The maximum atomic E-state index is 4.73. The Kier molecular flexibility index (Phi) is 3.31. The summed E-state index contributed by atoms with van der Waals surface area (Å²) in [6.07, 6.45) is 12.4. The van der Waals surface area contributed by atoms with Crippen LogP contribution >= 0.6 is 0 Å². The molecule has 0 aliphatic carbocycles. The van der Waals surface area contributed by atoms with Gasteiger partial charge in [-0.25, -0.2) is 9.98 Å². The Morgan fingerprint density at radius 2 is 2.05 bits per heavy atom. The minimum atomic E-state index is 0.839. The minimum absolute atomic E-state index is 0.839. The maximum absolute atomic E-state index is 4.73. The SMILES string of the molecule is Cc1cn(C2=CCN3C=C(N4CCNCC4)C=CC3=N2)cn1. The zero-order chi connectivity index (χ0) is 14.9. The van der Waals surface area contributed by atoms with Gasteiger partial charge in [-0.1, -0.05) is 0 Å². The van der Waals surface area contributed by atoms with Crippen molar-refractivity contribution in [2.24, 2.45) is 4.99 Å². The van der Waals surface area contributed by atoms with E-state index in [1.54, 1.807) is 0 Å². The van der Waals surface area contributed by atoms with Crippen LogP contribution in [0.3, 0.4) is 0 Å². The third kappa shape index (κ3) is 2.46. The Labute approximate surface area is 130 Å². The summed E-state index contributed by atoms with van der Waals surface area (Å²) in [5.74, 6) is 1.93. The highest BCUT2D eigenvalue weighted by molar-refractivity contribution is 5.98. The fourth-order valence-corrected chi connectivity index (χ4v) is 2.93. The first-order valence-electron chi connectivity index (χ1n) is 7.72. The maximum Gasteiger partial charge on any atom is 0.138 e. The van der Waals surface area contributed by atoms with Crippen molar-refractivity contribution in [1.29, 1.82) is 0 Å². The van der Waals surface area contributed by atoms with Crippen LogP contribution in [-0.2, 0) is 0 Å². The lowest BCUT2D eigenvalue weighted by molar-refractivity contribution is 0.302. The summed E-state index contributed by atoms with van der Waals surface area (Å²) in [4.78, 5) is 13.6. The van der Waals surface area contributed by atoms with Gasteiger partial charge in [0.1, 0.15) is 18.0 Å². The number of rotatable bonds is 2. The van der Waals surface area contributed by atoms with Gasteiger partial charge in [-0.2, -0.15) is 0 Å². The van der Waals surface area contributed by atoms with E-state index in [0.717, 1.165) is 50.1 Å². The van der Waals surface area contributed by atoms with Gasteiger partial charge in [0.2, 0.25) is 0 Å². The molecule has 4 rings (SSSR count). The van der Waals surface area contributed by atoms with Crippen molar-refractivity contribution in [3.8, 4) is 0 Å². The van der Waals surface area contributed by atoms with Crippen LogP contribution in [0.15, 0.2) is 47.6 Å². The number of aliphatic imine (C=N–C) groups is 1. The molecule has 3 aliphatic rings. The van der Waals surface area contributed by atoms with Crippen molar-refractivity contribution in [2.75, 3.05) is 32.7 Å². The normalized spacial score (nSPS) is 21.2. The Hall–Kier alpha value is -2.34. The van der Waals surface area contributed by atoms with Crippen molar-refractivity contribution in [1.82, 2.24) is 24.7 Å². The number of allylic oxidation sites excluding steroid dienone is 1. The Bertz CT molecular complexity index is 687. The molecule has 0 bridgehead atoms. The molecule has 1 aromatic heterocycles. The first kappa shape index (κ1) is 13.3. The second-order valence-electron chi connectivity index (χ2n) is 5.73. The van der Waals surface area contributed by atoms with E-state index in [4.69, 9.17) is 4.99 Å². The molecule has 1 aromatic rings. The average molecular weight is 296 g/mol. The van der Waals surface area contributed by atoms with Crippen LogP contribution in [-0.4, -0.2) is 57.9 Å². The van der Waals surface area contributed by atoms with E-state index >= 15 is 0 Å². The Morgan fingerprint density at radius 3 is 2.82 bits per heavy atom. The van der Waals surface area contributed by atoms with Crippen LogP contribution in [0.5, 0.6) is 0 Å². The molecule has 1 saturated heterocycles. The molecule has 3 aliphatic heterocycles. The van der Waals surface area contributed by atoms with Crippen molar-refractivity contribution in [3.63, 3.8) is 0 Å². The summed E-state index contributed by atoms with van der Waals surface area (Å²) in [6.45, 7) is 7.05. The van der Waals surface area contributed by atoms with Crippen molar-refractivity contribution in [2.45, 2.75) is 6.92 Å². The standard InChI is InChI=1S/C16H20N6/c1-13-10-22(12-18-13)16-4-7-21-11-14(2-3-15(21)19-16)20-8-5-17-6-9-20/h2-4,10-12,17H,5-9H2,1H3. The number of nitrogens with one attached hydrogen (secondary N) is 1. The van der Waals surface area contributed by atoms with Gasteiger partial charge in [0.15, 0.2) is 0 Å². The summed E-state index contributed by atoms with van der Waals surface area (Å²) in [5.41, 5.74) is 2.28. The third-order valence-corrected chi connectivity index (χ3v) is 4.14. The van der Waals surface area contributed by atoms with Crippen LogP contribution < -0.4 is 5.32 Å². The molecule has 0 spiro atoms. The topological polar surface area (TPSA) is 48.7 Å². The molecule has 0 atom stereocenters. The largest absolute Gasteiger partial charge is 0.368 e. The number of hydrogen-bond donors (Lipinski definition) is 1. The zero-order valence-corrected chi connectivity index (χ0v) is 12.7. The van der Waals surface area contributed by atoms with Gasteiger partial charge < -0.3 is 15.1 Å². The highest BCUT2D eigenvalue weighted by atomic mass is 15.3. The van der Waals surface area contributed by atoms with Gasteiger partial charge in [-0.3, -0.25) is 4.57 Å². The molecule has 6 nitrogen and oxygen atoms in total. The summed E-state index contributed by atoms with van der Waals surface area (Å²) in [6, 6.07) is 0. The second kappa shape index (κ2) is 5.46. The highest BCUT2D eigenvalue weighted by Gasteiger charge is 2.20. The average Bonchev–Trinajstić information content (AvgIpc) is 3.01.